The lowest BCUT2D eigenvalue weighted by Crippen LogP contribution is -2.21. The first-order valence-corrected chi connectivity index (χ1v) is 14.2. The summed E-state index contributed by atoms with van der Waals surface area (Å²) >= 11 is 0. The Labute approximate surface area is 291 Å². The van der Waals surface area contributed by atoms with Gasteiger partial charge >= 0.3 is 0 Å². The first-order chi connectivity index (χ1) is 22.6. The first-order valence-electron chi connectivity index (χ1n) is 14.2. The van der Waals surface area contributed by atoms with Crippen molar-refractivity contribution in [3.63, 3.8) is 0 Å². The highest BCUT2D eigenvalue weighted by atomic mass is 16.4. The van der Waals surface area contributed by atoms with Crippen LogP contribution in [0.1, 0.15) is 94.2 Å². The van der Waals surface area contributed by atoms with E-state index in [9.17, 15) is 9.59 Å². The summed E-state index contributed by atoms with van der Waals surface area (Å²) in [4.78, 5) is 26.7. The van der Waals surface area contributed by atoms with Gasteiger partial charge in [0.05, 0.1) is 11.4 Å². The van der Waals surface area contributed by atoms with Gasteiger partial charge in [0.2, 0.25) is 11.8 Å². The Hall–Kier alpha value is -5.57. The molecule has 288 valence electrons. The van der Waals surface area contributed by atoms with Crippen molar-refractivity contribution >= 4 is 41.6 Å². The van der Waals surface area contributed by atoms with Gasteiger partial charge in [0.1, 0.15) is 0 Å². The van der Waals surface area contributed by atoms with E-state index in [-0.39, 0.29) is 25.2 Å². The molecule has 2 heterocycles. The molecule has 0 radical (unpaired) electrons. The predicted molar refractivity (Wildman–Crippen MR) is 197 cm³/mol. The minimum absolute atomic E-state index is 0. The van der Waals surface area contributed by atoms with Gasteiger partial charge in [0.25, 0.3) is 0 Å². The zero-order chi connectivity index (χ0) is 39.2. The van der Waals surface area contributed by atoms with E-state index in [0.717, 1.165) is 24.4 Å². The highest BCUT2D eigenvalue weighted by molar-refractivity contribution is 5.80. The van der Waals surface area contributed by atoms with Crippen molar-refractivity contribution in [2.75, 3.05) is 28.2 Å². The molecular weight excluding hydrogens is 642 g/mol. The monoisotopic (exact) mass is 708 g/mol. The van der Waals surface area contributed by atoms with Crippen LogP contribution in [0, 0.1) is 6.92 Å². The molecular formula is C27H65N17O5. The van der Waals surface area contributed by atoms with E-state index in [0.29, 0.717) is 18.0 Å². The number of nitrogens with zero attached hydrogens (tertiary/aromatic N) is 11. The molecule has 22 nitrogen and oxygen atoms in total. The van der Waals surface area contributed by atoms with Crippen molar-refractivity contribution in [1.82, 2.24) is 51.9 Å². The third-order valence-electron chi connectivity index (χ3n) is 3.62. The van der Waals surface area contributed by atoms with Gasteiger partial charge in [-0.25, -0.2) is 0 Å². The lowest BCUT2D eigenvalue weighted by Gasteiger charge is -1.87. The molecule has 0 spiro atoms. The van der Waals surface area contributed by atoms with Gasteiger partial charge in [0, 0.05) is 54.2 Å². The lowest BCUT2D eigenvalue weighted by atomic mass is 10.3. The van der Waals surface area contributed by atoms with E-state index in [4.69, 9.17) is 27.1 Å². The lowest BCUT2D eigenvalue weighted by molar-refractivity contribution is -0.120. The molecule has 0 aliphatic rings. The van der Waals surface area contributed by atoms with Crippen LogP contribution in [0.2, 0.25) is 0 Å². The quantitative estimate of drug-likeness (QED) is 0.0954. The second-order valence-corrected chi connectivity index (χ2v) is 7.75. The SMILES string of the molecule is C.C/C=N/O.CC(C)=NO.CC/C(C)=N/O.CC=NC.CCC(=O)NC.CCc1nn[nH]n1.CN=C(N)N.CNC(C)=O.Cc1nn[nH]n1. The summed E-state index contributed by atoms with van der Waals surface area (Å²) in [5.41, 5.74) is 11.1. The third kappa shape index (κ3) is 99.3. The summed E-state index contributed by atoms with van der Waals surface area (Å²) in [5, 5.41) is 62.1. The van der Waals surface area contributed by atoms with E-state index in [1.807, 2.05) is 27.7 Å². The summed E-state index contributed by atoms with van der Waals surface area (Å²) in [6.45, 7) is 17.7. The number of nitrogens with one attached hydrogen (secondary N) is 4. The number of tetrazole rings is 2. The standard InChI is InChI=1S/2C4H9NO.C3H6N4.2C3H7NO.C3H7N.C2H4N4.C2H7N3.C2H5NO.CH4/c1-3-4(6)5-2;1-3-4(2)5-6;1-2-3-4-6-7-5-3;1-3(5)4-2;1-3(2)4-5;1-3-4-2;1-2-3-5-6-4-2;1-5-2(3)4;1-2-3-4;/h3H2,1-2H3,(H,5,6);6H,3H2,1-2H3;2H2,1H3,(H,4,5,6,7);1-2H3,(H,4,5);5H,1-2H3;3H,1-2H3;1H3,(H,3,4,5,6);1H3,(H4,3,4,5);2,4H,1H3;1H4/b;5-4+;;;;;;;3-2+;. The van der Waals surface area contributed by atoms with E-state index in [2.05, 4.69) is 77.3 Å². The van der Waals surface area contributed by atoms with Gasteiger partial charge in [0.15, 0.2) is 17.6 Å². The Balaban J connectivity index is -0.0000000646. The molecule has 0 fully saturated rings. The van der Waals surface area contributed by atoms with Crippen molar-refractivity contribution in [2.24, 2.45) is 36.9 Å². The van der Waals surface area contributed by atoms with Gasteiger partial charge in [-0.1, -0.05) is 48.9 Å². The number of oxime groups is 3. The zero-order valence-electron chi connectivity index (χ0n) is 31.0. The van der Waals surface area contributed by atoms with Crippen LogP contribution in [0.15, 0.2) is 25.5 Å². The molecule has 2 amide bonds. The molecule has 0 atom stereocenters. The van der Waals surface area contributed by atoms with Crippen LogP contribution in [0.3, 0.4) is 0 Å². The number of carbonyl (C=O) groups excluding carboxylic acids is 2. The number of aryl methyl sites for hydroxylation is 2. The molecule has 0 aliphatic carbocycles. The topological polar surface area (TPSA) is 342 Å². The Kier molecular flexibility index (Phi) is 73.7. The number of carbonyl (C=O) groups is 2. The Bertz CT molecular complexity index is 994. The molecule has 49 heavy (non-hydrogen) atoms. The molecule has 11 N–H and O–H groups in total. The Morgan fingerprint density at radius 1 is 0.837 bits per heavy atom. The van der Waals surface area contributed by atoms with Crippen LogP contribution in [0.25, 0.3) is 0 Å². The number of guanidine groups is 1. The van der Waals surface area contributed by atoms with Crippen LogP contribution in [-0.2, 0) is 16.0 Å². The molecule has 0 saturated carbocycles. The molecule has 0 aromatic carbocycles. The maximum Gasteiger partial charge on any atom is 0.219 e. The fraction of sp³-hybridized carbons (Fsp3) is 0.667. The maximum atomic E-state index is 10.1. The maximum absolute atomic E-state index is 10.1. The van der Waals surface area contributed by atoms with Gasteiger partial charge < -0.3 is 42.7 Å². The largest absolute Gasteiger partial charge is 0.411 e. The van der Waals surface area contributed by atoms with Crippen molar-refractivity contribution in [1.29, 1.82) is 0 Å². The molecule has 0 unspecified atom stereocenters. The zero-order valence-corrected chi connectivity index (χ0v) is 31.0. The number of rotatable bonds is 3. The van der Waals surface area contributed by atoms with Crippen molar-refractivity contribution in [3.05, 3.63) is 11.6 Å². The summed E-state index contributed by atoms with van der Waals surface area (Å²) in [6, 6.07) is 0. The van der Waals surface area contributed by atoms with Crippen molar-refractivity contribution < 1.29 is 25.2 Å². The predicted octanol–water partition coefficient (Wildman–Crippen LogP) is 1.97. The summed E-state index contributed by atoms with van der Waals surface area (Å²) in [7, 11) is 6.52. The second kappa shape index (κ2) is 58.0. The number of amides is 2. The number of aromatic amines is 2. The molecule has 22 heteroatoms. The van der Waals surface area contributed by atoms with Crippen LogP contribution >= 0.6 is 0 Å². The highest BCUT2D eigenvalue weighted by Crippen LogP contribution is 1.79. The van der Waals surface area contributed by atoms with Crippen molar-refractivity contribution in [3.8, 4) is 0 Å². The van der Waals surface area contributed by atoms with Gasteiger partial charge in [-0.2, -0.15) is 10.4 Å². The Morgan fingerprint density at radius 2 is 1.24 bits per heavy atom. The van der Waals surface area contributed by atoms with Crippen LogP contribution in [-0.4, -0.2) is 127 Å². The van der Waals surface area contributed by atoms with Crippen LogP contribution in [0.5, 0.6) is 0 Å². The average molecular weight is 708 g/mol. The number of nitrogens with two attached hydrogens (primary N) is 2. The van der Waals surface area contributed by atoms with E-state index >= 15 is 0 Å². The summed E-state index contributed by atoms with van der Waals surface area (Å²) in [6.07, 6.45) is 5.31. The minimum Gasteiger partial charge on any atom is -0.411 e. The number of H-pyrrole nitrogens is 2. The molecule has 0 aliphatic heterocycles. The van der Waals surface area contributed by atoms with Crippen LogP contribution in [0.4, 0.5) is 0 Å². The van der Waals surface area contributed by atoms with Crippen LogP contribution < -0.4 is 22.1 Å². The molecule has 2 aromatic rings. The van der Waals surface area contributed by atoms with E-state index in [1.165, 1.54) is 20.2 Å². The number of aromatic nitrogens is 8. The average Bonchev–Trinajstić information content (AvgIpc) is 3.83. The van der Waals surface area contributed by atoms with Gasteiger partial charge in [-0.3, -0.25) is 14.6 Å². The molecule has 2 aromatic heterocycles. The number of hydrogen-bond acceptors (Lipinski definition) is 16. The molecule has 2 rings (SSSR count). The minimum atomic E-state index is 0. The van der Waals surface area contributed by atoms with Gasteiger partial charge in [-0.05, 0) is 54.2 Å². The normalized spacial score (nSPS) is 8.41. The van der Waals surface area contributed by atoms with Gasteiger partial charge in [-0.15, -0.1) is 25.6 Å². The fourth-order valence-electron chi connectivity index (χ4n) is 0.792. The third-order valence-corrected chi connectivity index (χ3v) is 3.62. The molecule has 0 bridgehead atoms. The van der Waals surface area contributed by atoms with Crippen molar-refractivity contribution in [2.45, 2.75) is 95.9 Å². The molecule has 0 saturated heterocycles. The summed E-state index contributed by atoms with van der Waals surface area (Å²) < 4.78 is 0. The van der Waals surface area contributed by atoms with E-state index in [1.54, 1.807) is 62.0 Å². The fourth-order valence-corrected chi connectivity index (χ4v) is 0.792. The Morgan fingerprint density at radius 3 is 1.31 bits per heavy atom. The second-order valence-electron chi connectivity index (χ2n) is 7.75. The van der Waals surface area contributed by atoms with E-state index < -0.39 is 0 Å². The smallest absolute Gasteiger partial charge is 0.219 e. The first kappa shape index (κ1) is 62.3. The highest BCUT2D eigenvalue weighted by Gasteiger charge is 1.87. The number of aliphatic imine (C=N–C) groups is 2. The summed E-state index contributed by atoms with van der Waals surface area (Å²) in [5.74, 6) is 1.67. The number of hydrogen-bond donors (Lipinski definition) is 9.